The Morgan fingerprint density at radius 1 is 1.47 bits per heavy atom. The predicted molar refractivity (Wildman–Crippen MR) is 74.9 cm³/mol. The van der Waals surface area contributed by atoms with Crippen molar-refractivity contribution < 1.29 is 19.8 Å². The third kappa shape index (κ3) is 6.04. The quantitative estimate of drug-likeness (QED) is 0.590. The van der Waals surface area contributed by atoms with Crippen LogP contribution in [0.4, 0.5) is 0 Å². The van der Waals surface area contributed by atoms with E-state index in [9.17, 15) is 9.59 Å². The third-order valence-corrected chi connectivity index (χ3v) is 2.84. The number of unbranched alkanes of at least 4 members (excludes halogenated alkanes) is 2. The molecule has 0 radical (unpaired) electrons. The van der Waals surface area contributed by atoms with E-state index in [1.54, 1.807) is 0 Å². The lowest BCUT2D eigenvalue weighted by Gasteiger charge is -2.23. The fraction of sp³-hybridized carbons (Fsp3) is 0.467. The van der Waals surface area contributed by atoms with E-state index in [4.69, 9.17) is 10.2 Å². The summed E-state index contributed by atoms with van der Waals surface area (Å²) in [5, 5.41) is 17.5. The Labute approximate surface area is 114 Å². The molecule has 1 aliphatic carbocycles. The third-order valence-electron chi connectivity index (χ3n) is 2.84. The number of carbonyl (C=O) groups is 2. The summed E-state index contributed by atoms with van der Waals surface area (Å²) in [4.78, 5) is 21.3. The van der Waals surface area contributed by atoms with Crippen LogP contribution in [0, 0.1) is 5.41 Å². The molecule has 0 aliphatic heterocycles. The highest BCUT2D eigenvalue weighted by Crippen LogP contribution is 2.31. The monoisotopic (exact) mass is 266 g/mol. The molecule has 0 aromatic rings. The lowest BCUT2D eigenvalue weighted by Crippen LogP contribution is -2.28. The van der Waals surface area contributed by atoms with Gasteiger partial charge in [-0.05, 0) is 19.8 Å². The average molecular weight is 266 g/mol. The molecule has 0 saturated carbocycles. The second kappa shape index (κ2) is 8.29. The molecule has 0 aromatic heterocycles. The Morgan fingerprint density at radius 2 is 2.11 bits per heavy atom. The van der Waals surface area contributed by atoms with Gasteiger partial charge < -0.3 is 10.2 Å². The van der Waals surface area contributed by atoms with E-state index in [-0.39, 0.29) is 12.0 Å². The molecule has 1 rings (SSSR count). The molecule has 4 nitrogen and oxygen atoms in total. The first kappa shape index (κ1) is 17.2. The van der Waals surface area contributed by atoms with Gasteiger partial charge in [-0.3, -0.25) is 4.79 Å². The second-order valence-corrected chi connectivity index (χ2v) is 4.69. The number of allylic oxidation sites excluding steroid dienone is 3. The van der Waals surface area contributed by atoms with Crippen LogP contribution in [0.15, 0.2) is 36.5 Å². The number of rotatable bonds is 5. The van der Waals surface area contributed by atoms with Gasteiger partial charge in [0.05, 0.1) is 5.41 Å². The summed E-state index contributed by atoms with van der Waals surface area (Å²) < 4.78 is 0. The normalized spacial score (nSPS) is 20.8. The standard InChI is InChI=1S/C9H10O4.C6H12/c1-9(8(12)13)4-2-3-6(5-9)7(10)11;1-3-5-6-4-2/h2-4H,5H2,1H3,(H,10,11)(H,12,13);3H,1,4-6H2,2H3. The van der Waals surface area contributed by atoms with E-state index >= 15 is 0 Å². The van der Waals surface area contributed by atoms with Gasteiger partial charge in [0.25, 0.3) is 0 Å². The fourth-order valence-electron chi connectivity index (χ4n) is 1.53. The maximum atomic E-state index is 10.8. The summed E-state index contributed by atoms with van der Waals surface area (Å²) in [7, 11) is 0. The molecule has 0 amide bonds. The summed E-state index contributed by atoms with van der Waals surface area (Å²) in [6.07, 6.45) is 10.2. The second-order valence-electron chi connectivity index (χ2n) is 4.69. The highest BCUT2D eigenvalue weighted by Gasteiger charge is 2.34. The molecule has 1 unspecified atom stereocenters. The minimum absolute atomic E-state index is 0.0359. The van der Waals surface area contributed by atoms with Crippen LogP contribution in [0.25, 0.3) is 0 Å². The van der Waals surface area contributed by atoms with Crippen LogP contribution in [0.2, 0.25) is 0 Å². The first-order valence-electron chi connectivity index (χ1n) is 6.33. The number of aliphatic carboxylic acids is 2. The van der Waals surface area contributed by atoms with Crippen LogP contribution in [-0.4, -0.2) is 22.2 Å². The minimum atomic E-state index is -1.08. The molecular weight excluding hydrogens is 244 g/mol. The van der Waals surface area contributed by atoms with Crippen molar-refractivity contribution in [3.05, 3.63) is 36.5 Å². The SMILES string of the molecule is C=CCCCC.CC1(C(=O)O)C=CC=C(C(=O)O)C1. The Morgan fingerprint density at radius 3 is 2.47 bits per heavy atom. The number of carboxylic acid groups (broad SMARTS) is 2. The molecule has 1 aliphatic rings. The fourth-order valence-corrected chi connectivity index (χ4v) is 1.53. The molecular formula is C15H22O4. The van der Waals surface area contributed by atoms with Crippen molar-refractivity contribution in [2.45, 2.75) is 39.5 Å². The van der Waals surface area contributed by atoms with Crippen molar-refractivity contribution in [3.8, 4) is 0 Å². The first-order chi connectivity index (χ1) is 8.87. The van der Waals surface area contributed by atoms with Crippen LogP contribution in [0.5, 0.6) is 0 Å². The molecule has 4 heteroatoms. The van der Waals surface area contributed by atoms with Gasteiger partial charge in [-0.2, -0.15) is 0 Å². The Balaban J connectivity index is 0.000000459. The summed E-state index contributed by atoms with van der Waals surface area (Å²) in [6, 6.07) is 0. The van der Waals surface area contributed by atoms with Crippen LogP contribution in [-0.2, 0) is 9.59 Å². The Kier molecular flexibility index (Phi) is 7.49. The van der Waals surface area contributed by atoms with Crippen LogP contribution in [0.1, 0.15) is 39.5 Å². The first-order valence-corrected chi connectivity index (χ1v) is 6.33. The summed E-state index contributed by atoms with van der Waals surface area (Å²) in [5.41, 5.74) is -0.949. The summed E-state index contributed by atoms with van der Waals surface area (Å²) >= 11 is 0. The lowest BCUT2D eigenvalue weighted by molar-refractivity contribution is -0.145. The largest absolute Gasteiger partial charge is 0.481 e. The molecule has 0 heterocycles. The topological polar surface area (TPSA) is 74.6 Å². The van der Waals surface area contributed by atoms with Crippen molar-refractivity contribution >= 4 is 11.9 Å². The molecule has 2 N–H and O–H groups in total. The van der Waals surface area contributed by atoms with Crippen molar-refractivity contribution in [1.82, 2.24) is 0 Å². The zero-order valence-electron chi connectivity index (χ0n) is 11.6. The summed E-state index contributed by atoms with van der Waals surface area (Å²) in [6.45, 7) is 7.28. The van der Waals surface area contributed by atoms with Crippen molar-refractivity contribution in [1.29, 1.82) is 0 Å². The van der Waals surface area contributed by atoms with Gasteiger partial charge in [0, 0.05) is 5.57 Å². The van der Waals surface area contributed by atoms with Crippen molar-refractivity contribution in [3.63, 3.8) is 0 Å². The maximum Gasteiger partial charge on any atom is 0.331 e. The van der Waals surface area contributed by atoms with E-state index in [0.29, 0.717) is 0 Å². The maximum absolute atomic E-state index is 10.8. The molecule has 0 spiro atoms. The van der Waals surface area contributed by atoms with Gasteiger partial charge >= 0.3 is 11.9 Å². The Bertz CT molecular complexity index is 393. The zero-order valence-corrected chi connectivity index (χ0v) is 11.6. The van der Waals surface area contributed by atoms with Crippen LogP contribution in [0.3, 0.4) is 0 Å². The van der Waals surface area contributed by atoms with Crippen molar-refractivity contribution in [2.75, 3.05) is 0 Å². The molecule has 0 fully saturated rings. The number of hydrogen-bond acceptors (Lipinski definition) is 2. The van der Waals surface area contributed by atoms with Gasteiger partial charge in [0.2, 0.25) is 0 Å². The summed E-state index contributed by atoms with van der Waals surface area (Å²) in [5.74, 6) is -2.06. The highest BCUT2D eigenvalue weighted by molar-refractivity contribution is 5.90. The van der Waals surface area contributed by atoms with Gasteiger partial charge in [-0.15, -0.1) is 6.58 Å². The average Bonchev–Trinajstić information content (AvgIpc) is 2.37. The molecule has 19 heavy (non-hydrogen) atoms. The van der Waals surface area contributed by atoms with Gasteiger partial charge in [0.1, 0.15) is 0 Å². The Hall–Kier alpha value is -1.84. The zero-order chi connectivity index (χ0) is 14.9. The molecule has 0 aromatic carbocycles. The van der Waals surface area contributed by atoms with Gasteiger partial charge in [-0.1, -0.05) is 44.1 Å². The van der Waals surface area contributed by atoms with Crippen LogP contribution >= 0.6 is 0 Å². The highest BCUT2D eigenvalue weighted by atomic mass is 16.4. The molecule has 0 saturated heterocycles. The van der Waals surface area contributed by atoms with E-state index in [1.165, 1.54) is 44.4 Å². The van der Waals surface area contributed by atoms with Crippen molar-refractivity contribution in [2.24, 2.45) is 5.41 Å². The number of hydrogen-bond donors (Lipinski definition) is 2. The molecule has 1 atom stereocenters. The van der Waals surface area contributed by atoms with E-state index in [0.717, 1.165) is 0 Å². The van der Waals surface area contributed by atoms with E-state index < -0.39 is 17.4 Å². The van der Waals surface area contributed by atoms with E-state index in [1.807, 2.05) is 6.08 Å². The lowest BCUT2D eigenvalue weighted by atomic mass is 9.80. The van der Waals surface area contributed by atoms with Gasteiger partial charge in [0.15, 0.2) is 0 Å². The molecule has 106 valence electrons. The predicted octanol–water partition coefficient (Wildman–Crippen LogP) is 3.41. The minimum Gasteiger partial charge on any atom is -0.481 e. The smallest absolute Gasteiger partial charge is 0.331 e. The van der Waals surface area contributed by atoms with Crippen LogP contribution < -0.4 is 0 Å². The van der Waals surface area contributed by atoms with E-state index in [2.05, 4.69) is 13.5 Å². The number of carboxylic acids is 2. The molecule has 0 bridgehead atoms. The van der Waals surface area contributed by atoms with Gasteiger partial charge in [-0.25, -0.2) is 4.79 Å².